The fourth-order valence-corrected chi connectivity index (χ4v) is 3.60. The van der Waals surface area contributed by atoms with Crippen molar-refractivity contribution in [3.8, 4) is 0 Å². The molecule has 1 aliphatic heterocycles. The summed E-state index contributed by atoms with van der Waals surface area (Å²) >= 11 is 5.98. The Morgan fingerprint density at radius 2 is 1.64 bits per heavy atom. The molecule has 1 N–H and O–H groups in total. The first-order valence-electron chi connectivity index (χ1n) is 7.90. The molecule has 1 heterocycles. The lowest BCUT2D eigenvalue weighted by Gasteiger charge is -2.12. The van der Waals surface area contributed by atoms with E-state index in [0.29, 0.717) is 11.6 Å². The van der Waals surface area contributed by atoms with Crippen LogP contribution in [-0.2, 0) is 14.6 Å². The fraction of sp³-hybridized carbons (Fsp3) is 0.211. The minimum Gasteiger partial charge on any atom is -0.356 e. The molecule has 1 saturated heterocycles. The van der Waals surface area contributed by atoms with Gasteiger partial charge in [-0.15, -0.1) is 0 Å². The van der Waals surface area contributed by atoms with Crippen LogP contribution in [0.15, 0.2) is 59.5 Å². The second-order valence-corrected chi connectivity index (χ2v) is 8.52. The molecule has 6 heteroatoms. The number of amides is 1. The number of carbonyl (C=O) groups is 1. The SMILES string of the molecule is CS(=O)(=O)c1ccc(/C(=C/C2CCNC2=O)c2ccc(Cl)cc2)cc1. The van der Waals surface area contributed by atoms with Crippen LogP contribution in [0.3, 0.4) is 0 Å². The fourth-order valence-electron chi connectivity index (χ4n) is 2.84. The molecule has 0 saturated carbocycles. The maximum atomic E-state index is 12.0. The first kappa shape index (κ1) is 17.7. The lowest BCUT2D eigenvalue weighted by atomic mass is 9.93. The van der Waals surface area contributed by atoms with Gasteiger partial charge in [0, 0.05) is 17.8 Å². The van der Waals surface area contributed by atoms with Gasteiger partial charge < -0.3 is 5.32 Å². The number of carbonyl (C=O) groups excluding carboxylic acids is 1. The van der Waals surface area contributed by atoms with Gasteiger partial charge >= 0.3 is 0 Å². The highest BCUT2D eigenvalue weighted by molar-refractivity contribution is 7.90. The monoisotopic (exact) mass is 375 g/mol. The van der Waals surface area contributed by atoms with Gasteiger partial charge in [0.15, 0.2) is 9.84 Å². The van der Waals surface area contributed by atoms with Gasteiger partial charge in [-0.2, -0.15) is 0 Å². The molecule has 3 rings (SSSR count). The molecule has 4 nitrogen and oxygen atoms in total. The Bertz CT molecular complexity index is 916. The van der Waals surface area contributed by atoms with Crippen molar-refractivity contribution in [2.24, 2.45) is 5.92 Å². The Hall–Kier alpha value is -2.11. The zero-order valence-corrected chi connectivity index (χ0v) is 15.3. The van der Waals surface area contributed by atoms with Gasteiger partial charge in [-0.3, -0.25) is 4.79 Å². The molecular formula is C19H18ClNO3S. The molecule has 1 fully saturated rings. The molecular weight excluding hydrogens is 358 g/mol. The van der Waals surface area contributed by atoms with Crippen LogP contribution >= 0.6 is 11.6 Å². The smallest absolute Gasteiger partial charge is 0.227 e. The molecule has 1 amide bonds. The van der Waals surface area contributed by atoms with Gasteiger partial charge in [-0.1, -0.05) is 41.9 Å². The third-order valence-electron chi connectivity index (χ3n) is 4.21. The third-order valence-corrected chi connectivity index (χ3v) is 5.59. The molecule has 0 bridgehead atoms. The summed E-state index contributed by atoms with van der Waals surface area (Å²) in [6, 6.07) is 14.1. The van der Waals surface area contributed by atoms with Crippen LogP contribution in [0.4, 0.5) is 0 Å². The summed E-state index contributed by atoms with van der Waals surface area (Å²) in [6.07, 6.45) is 3.87. The average Bonchev–Trinajstić information content (AvgIpc) is 2.98. The number of hydrogen-bond acceptors (Lipinski definition) is 3. The van der Waals surface area contributed by atoms with Gasteiger partial charge in [0.25, 0.3) is 0 Å². The standard InChI is InChI=1S/C19H18ClNO3S/c1-25(23,24)17-8-4-14(5-9-17)18(12-15-10-11-21-19(15)22)13-2-6-16(20)7-3-13/h2-9,12,15H,10-11H2,1H3,(H,21,22)/b18-12+. The van der Waals surface area contributed by atoms with Crippen LogP contribution in [0.25, 0.3) is 5.57 Å². The van der Waals surface area contributed by atoms with Crippen LogP contribution in [-0.4, -0.2) is 27.1 Å². The molecule has 2 aromatic carbocycles. The van der Waals surface area contributed by atoms with Crippen molar-refractivity contribution in [1.82, 2.24) is 5.32 Å². The van der Waals surface area contributed by atoms with Crippen molar-refractivity contribution in [1.29, 1.82) is 0 Å². The Kier molecular flexibility index (Phi) is 4.97. The van der Waals surface area contributed by atoms with Crippen molar-refractivity contribution in [2.75, 3.05) is 12.8 Å². The first-order valence-corrected chi connectivity index (χ1v) is 10.2. The molecule has 2 aromatic rings. The van der Waals surface area contributed by atoms with Gasteiger partial charge in [0.05, 0.1) is 10.8 Å². The van der Waals surface area contributed by atoms with Crippen molar-refractivity contribution in [3.05, 3.63) is 70.8 Å². The molecule has 0 aliphatic carbocycles. The van der Waals surface area contributed by atoms with Crippen LogP contribution in [0.2, 0.25) is 5.02 Å². The van der Waals surface area contributed by atoms with Crippen LogP contribution in [0.1, 0.15) is 17.5 Å². The summed E-state index contributed by atoms with van der Waals surface area (Å²) in [5, 5.41) is 3.47. The quantitative estimate of drug-likeness (QED) is 0.891. The predicted octanol–water partition coefficient (Wildman–Crippen LogP) is 3.31. The maximum Gasteiger partial charge on any atom is 0.227 e. The largest absolute Gasteiger partial charge is 0.356 e. The zero-order chi connectivity index (χ0) is 18.0. The normalized spacial score (nSPS) is 18.2. The molecule has 0 spiro atoms. The lowest BCUT2D eigenvalue weighted by Crippen LogP contribution is -2.18. The highest BCUT2D eigenvalue weighted by Gasteiger charge is 2.23. The number of benzene rings is 2. The topological polar surface area (TPSA) is 63.2 Å². The second-order valence-electron chi connectivity index (χ2n) is 6.07. The summed E-state index contributed by atoms with van der Waals surface area (Å²) in [4.78, 5) is 12.2. The summed E-state index contributed by atoms with van der Waals surface area (Å²) < 4.78 is 23.3. The van der Waals surface area contributed by atoms with Crippen molar-refractivity contribution in [2.45, 2.75) is 11.3 Å². The highest BCUT2D eigenvalue weighted by Crippen LogP contribution is 2.29. The van der Waals surface area contributed by atoms with E-state index in [4.69, 9.17) is 11.6 Å². The van der Waals surface area contributed by atoms with E-state index >= 15 is 0 Å². The van der Waals surface area contributed by atoms with E-state index in [1.807, 2.05) is 18.2 Å². The number of nitrogens with one attached hydrogen (secondary N) is 1. The third kappa shape index (κ3) is 4.11. The van der Waals surface area contributed by atoms with E-state index in [1.54, 1.807) is 36.4 Å². The van der Waals surface area contributed by atoms with E-state index in [0.717, 1.165) is 23.1 Å². The van der Waals surface area contributed by atoms with Crippen LogP contribution in [0, 0.1) is 5.92 Å². The van der Waals surface area contributed by atoms with E-state index in [1.165, 1.54) is 6.26 Å². The predicted molar refractivity (Wildman–Crippen MR) is 99.2 cm³/mol. The van der Waals surface area contributed by atoms with Crippen molar-refractivity contribution in [3.63, 3.8) is 0 Å². The maximum absolute atomic E-state index is 12.0. The first-order chi connectivity index (χ1) is 11.8. The van der Waals surface area contributed by atoms with Gasteiger partial charge in [0.2, 0.25) is 5.91 Å². The van der Waals surface area contributed by atoms with Crippen molar-refractivity contribution >= 4 is 32.9 Å². The Morgan fingerprint density at radius 1 is 1.08 bits per heavy atom. The van der Waals surface area contributed by atoms with Crippen molar-refractivity contribution < 1.29 is 13.2 Å². The number of hydrogen-bond donors (Lipinski definition) is 1. The minimum atomic E-state index is -3.25. The number of rotatable bonds is 4. The lowest BCUT2D eigenvalue weighted by molar-refractivity contribution is -0.121. The molecule has 130 valence electrons. The summed E-state index contributed by atoms with van der Waals surface area (Å²) in [6.45, 7) is 0.668. The molecule has 1 unspecified atom stereocenters. The minimum absolute atomic E-state index is 0.0132. The van der Waals surface area contributed by atoms with Gasteiger partial charge in [0.1, 0.15) is 0 Å². The molecule has 1 atom stereocenters. The molecule has 1 aliphatic rings. The highest BCUT2D eigenvalue weighted by atomic mass is 35.5. The van der Waals surface area contributed by atoms with Gasteiger partial charge in [-0.25, -0.2) is 8.42 Å². The molecule has 25 heavy (non-hydrogen) atoms. The zero-order valence-electron chi connectivity index (χ0n) is 13.7. The van der Waals surface area contributed by atoms with E-state index in [2.05, 4.69) is 5.32 Å². The number of halogens is 1. The summed E-state index contributed by atoms with van der Waals surface area (Å²) in [5.74, 6) is -0.181. The number of sulfone groups is 1. The Balaban J connectivity index is 2.06. The van der Waals surface area contributed by atoms with Crippen LogP contribution < -0.4 is 5.32 Å². The van der Waals surface area contributed by atoms with E-state index < -0.39 is 9.84 Å². The van der Waals surface area contributed by atoms with Gasteiger partial charge in [-0.05, 0) is 47.4 Å². The molecule has 0 radical (unpaired) electrons. The average molecular weight is 376 g/mol. The summed E-state index contributed by atoms with van der Waals surface area (Å²) in [7, 11) is -3.25. The molecule has 0 aromatic heterocycles. The summed E-state index contributed by atoms with van der Waals surface area (Å²) in [5.41, 5.74) is 2.67. The van der Waals surface area contributed by atoms with Crippen LogP contribution in [0.5, 0.6) is 0 Å². The van der Waals surface area contributed by atoms with E-state index in [-0.39, 0.29) is 16.7 Å². The second kappa shape index (κ2) is 7.02. The van der Waals surface area contributed by atoms with E-state index in [9.17, 15) is 13.2 Å². The Labute approximate surface area is 152 Å². The Morgan fingerprint density at radius 3 is 2.12 bits per heavy atom.